The number of nitrogens with zero attached hydrogens (tertiary/aromatic N) is 4. The SMILES string of the molecule is O=C1CCc2ccc(OCCCCN3CCN(c4cccc5sccc45)CC3)cc2N1C(=O)N1CCOCC1. The highest BCUT2D eigenvalue weighted by Gasteiger charge is 2.33. The molecule has 0 N–H and O–H groups in total. The molecule has 1 aromatic heterocycles. The highest BCUT2D eigenvalue weighted by Crippen LogP contribution is 2.33. The van der Waals surface area contributed by atoms with Gasteiger partial charge in [0.05, 0.1) is 25.5 Å². The third-order valence-electron chi connectivity index (χ3n) is 7.95. The molecule has 3 aliphatic rings. The van der Waals surface area contributed by atoms with E-state index in [-0.39, 0.29) is 11.9 Å². The number of piperazine rings is 1. The number of amides is 3. The van der Waals surface area contributed by atoms with Crippen molar-refractivity contribution in [3.05, 3.63) is 53.4 Å². The van der Waals surface area contributed by atoms with Crippen LogP contribution < -0.4 is 14.5 Å². The van der Waals surface area contributed by atoms with Gasteiger partial charge in [0.1, 0.15) is 5.75 Å². The van der Waals surface area contributed by atoms with Gasteiger partial charge in [0.15, 0.2) is 0 Å². The number of carbonyl (C=O) groups excluding carboxylic acids is 2. The Kier molecular flexibility index (Phi) is 7.99. The van der Waals surface area contributed by atoms with E-state index in [9.17, 15) is 9.59 Å². The van der Waals surface area contributed by atoms with Crippen molar-refractivity contribution in [1.82, 2.24) is 9.80 Å². The van der Waals surface area contributed by atoms with E-state index in [1.165, 1.54) is 20.7 Å². The summed E-state index contributed by atoms with van der Waals surface area (Å²) in [5, 5.41) is 3.55. The van der Waals surface area contributed by atoms with Crippen LogP contribution in [-0.4, -0.2) is 87.4 Å². The molecule has 0 spiro atoms. The fourth-order valence-electron chi connectivity index (χ4n) is 5.74. The van der Waals surface area contributed by atoms with Crippen LogP contribution in [0.25, 0.3) is 10.1 Å². The van der Waals surface area contributed by atoms with E-state index in [0.29, 0.717) is 57.2 Å². The Morgan fingerprint density at radius 2 is 1.77 bits per heavy atom. The molecule has 3 aliphatic heterocycles. The van der Waals surface area contributed by atoms with Gasteiger partial charge in [-0.25, -0.2) is 9.69 Å². The van der Waals surface area contributed by atoms with Crippen LogP contribution >= 0.6 is 11.3 Å². The van der Waals surface area contributed by atoms with Crippen molar-refractivity contribution in [2.75, 3.05) is 75.4 Å². The fourth-order valence-corrected chi connectivity index (χ4v) is 6.55. The van der Waals surface area contributed by atoms with E-state index in [2.05, 4.69) is 39.4 Å². The third kappa shape index (κ3) is 5.76. The van der Waals surface area contributed by atoms with Crippen molar-refractivity contribution in [3.63, 3.8) is 0 Å². The molecule has 8 nitrogen and oxygen atoms in total. The molecule has 9 heteroatoms. The number of benzene rings is 2. The maximum Gasteiger partial charge on any atom is 0.331 e. The number of unbranched alkanes of at least 4 members (excludes halogenated alkanes) is 1. The molecule has 2 saturated heterocycles. The predicted molar refractivity (Wildman–Crippen MR) is 155 cm³/mol. The summed E-state index contributed by atoms with van der Waals surface area (Å²) in [5.74, 6) is 0.558. The summed E-state index contributed by atoms with van der Waals surface area (Å²) < 4.78 is 12.8. The first kappa shape index (κ1) is 26.1. The van der Waals surface area contributed by atoms with Crippen LogP contribution in [0.2, 0.25) is 0 Å². The van der Waals surface area contributed by atoms with Crippen molar-refractivity contribution in [2.24, 2.45) is 0 Å². The molecular weight excluding hydrogens is 512 g/mol. The fraction of sp³-hybridized carbons (Fsp3) is 0.467. The molecule has 0 radical (unpaired) electrons. The van der Waals surface area contributed by atoms with E-state index in [0.717, 1.165) is 51.1 Å². The molecule has 206 valence electrons. The lowest BCUT2D eigenvalue weighted by Crippen LogP contribution is -2.51. The molecule has 0 aliphatic carbocycles. The van der Waals surface area contributed by atoms with Gasteiger partial charge in [-0.2, -0.15) is 0 Å². The highest BCUT2D eigenvalue weighted by atomic mass is 32.1. The first-order valence-corrected chi connectivity index (χ1v) is 14.9. The summed E-state index contributed by atoms with van der Waals surface area (Å²) >= 11 is 1.81. The number of fused-ring (bicyclic) bond motifs is 2. The molecule has 0 bridgehead atoms. The molecule has 3 amide bonds. The van der Waals surface area contributed by atoms with Crippen LogP contribution in [0.3, 0.4) is 0 Å². The number of imide groups is 1. The minimum absolute atomic E-state index is 0.150. The Morgan fingerprint density at radius 1 is 0.923 bits per heavy atom. The average molecular weight is 549 g/mol. The molecule has 4 heterocycles. The van der Waals surface area contributed by atoms with Gasteiger partial charge in [-0.1, -0.05) is 12.1 Å². The predicted octanol–water partition coefficient (Wildman–Crippen LogP) is 4.61. The van der Waals surface area contributed by atoms with Gasteiger partial charge in [-0.05, 0) is 61.0 Å². The lowest BCUT2D eigenvalue weighted by Gasteiger charge is -2.36. The summed E-state index contributed by atoms with van der Waals surface area (Å²) in [4.78, 5) is 34.0. The number of aryl methyl sites for hydroxylation is 1. The molecule has 2 fully saturated rings. The molecule has 0 saturated carbocycles. The largest absolute Gasteiger partial charge is 0.494 e. The summed E-state index contributed by atoms with van der Waals surface area (Å²) in [7, 11) is 0. The van der Waals surface area contributed by atoms with Crippen LogP contribution in [0.15, 0.2) is 47.8 Å². The number of hydrogen-bond donors (Lipinski definition) is 0. The Balaban J connectivity index is 0.971. The highest BCUT2D eigenvalue weighted by molar-refractivity contribution is 7.17. The van der Waals surface area contributed by atoms with Crippen molar-refractivity contribution in [2.45, 2.75) is 25.7 Å². The van der Waals surface area contributed by atoms with Gasteiger partial charge in [0.2, 0.25) is 5.91 Å². The lowest BCUT2D eigenvalue weighted by molar-refractivity contribution is -0.118. The van der Waals surface area contributed by atoms with Gasteiger partial charge < -0.3 is 19.3 Å². The molecule has 2 aromatic carbocycles. The van der Waals surface area contributed by atoms with Crippen molar-refractivity contribution in [3.8, 4) is 5.75 Å². The number of anilines is 2. The van der Waals surface area contributed by atoms with Gasteiger partial charge in [0, 0.05) is 67.5 Å². The number of hydrogen-bond acceptors (Lipinski definition) is 7. The van der Waals surface area contributed by atoms with Gasteiger partial charge in [-0.3, -0.25) is 9.69 Å². The molecule has 39 heavy (non-hydrogen) atoms. The monoisotopic (exact) mass is 548 g/mol. The summed E-state index contributed by atoms with van der Waals surface area (Å²) in [6, 6.07) is 14.4. The van der Waals surface area contributed by atoms with Gasteiger partial charge in [-0.15, -0.1) is 11.3 Å². The van der Waals surface area contributed by atoms with E-state index in [1.807, 2.05) is 18.2 Å². The smallest absolute Gasteiger partial charge is 0.331 e. The summed E-state index contributed by atoms with van der Waals surface area (Å²) in [6.07, 6.45) is 3.03. The van der Waals surface area contributed by atoms with Crippen LogP contribution in [0.1, 0.15) is 24.8 Å². The molecule has 6 rings (SSSR count). The number of urea groups is 1. The third-order valence-corrected chi connectivity index (χ3v) is 8.83. The Hall–Kier alpha value is -3.14. The Bertz CT molecular complexity index is 1310. The quantitative estimate of drug-likeness (QED) is 0.402. The number of thiophene rings is 1. The Morgan fingerprint density at radius 3 is 2.62 bits per heavy atom. The molecule has 0 unspecified atom stereocenters. The first-order chi connectivity index (χ1) is 19.2. The minimum Gasteiger partial charge on any atom is -0.494 e. The normalized spacial score (nSPS) is 18.5. The molecule has 0 atom stereocenters. The van der Waals surface area contributed by atoms with Crippen LogP contribution in [0.5, 0.6) is 5.75 Å². The second-order valence-corrected chi connectivity index (χ2v) is 11.3. The molecular formula is C30H36N4O4S. The lowest BCUT2D eigenvalue weighted by atomic mass is 10.0. The van der Waals surface area contributed by atoms with Crippen LogP contribution in [-0.2, 0) is 16.0 Å². The first-order valence-electron chi connectivity index (χ1n) is 14.1. The van der Waals surface area contributed by atoms with Crippen molar-refractivity contribution in [1.29, 1.82) is 0 Å². The van der Waals surface area contributed by atoms with Crippen molar-refractivity contribution >= 4 is 44.7 Å². The number of ether oxygens (including phenoxy) is 2. The number of morpholine rings is 1. The summed E-state index contributed by atoms with van der Waals surface area (Å²) in [5.41, 5.74) is 3.04. The topological polar surface area (TPSA) is 65.6 Å². The zero-order valence-corrected chi connectivity index (χ0v) is 23.2. The zero-order valence-electron chi connectivity index (χ0n) is 22.3. The second kappa shape index (κ2) is 11.9. The van der Waals surface area contributed by atoms with Crippen LogP contribution in [0.4, 0.5) is 16.2 Å². The van der Waals surface area contributed by atoms with Gasteiger partial charge in [0.25, 0.3) is 0 Å². The zero-order chi connectivity index (χ0) is 26.6. The number of carbonyl (C=O) groups is 2. The van der Waals surface area contributed by atoms with Gasteiger partial charge >= 0.3 is 6.03 Å². The Labute approximate surface area is 233 Å². The van der Waals surface area contributed by atoms with Crippen LogP contribution in [0, 0.1) is 0 Å². The average Bonchev–Trinajstić information content (AvgIpc) is 3.47. The summed E-state index contributed by atoms with van der Waals surface area (Å²) in [6.45, 7) is 7.97. The van der Waals surface area contributed by atoms with E-state index < -0.39 is 0 Å². The molecule has 3 aromatic rings. The number of rotatable bonds is 7. The van der Waals surface area contributed by atoms with E-state index >= 15 is 0 Å². The minimum atomic E-state index is -0.256. The second-order valence-electron chi connectivity index (χ2n) is 10.4. The maximum atomic E-state index is 13.2. The standard InChI is InChI=1S/C30H36N4O4S/c35-29-9-7-23-6-8-24(22-27(23)34(29)30(36)33-16-19-37-20-17-33)38-18-2-1-11-31-12-14-32(15-13-31)26-4-3-5-28-25(26)10-21-39-28/h3-6,8,10,21-22H,1-2,7,9,11-20H2. The van der Waals surface area contributed by atoms with Crippen molar-refractivity contribution < 1.29 is 19.1 Å². The maximum absolute atomic E-state index is 13.2. The van der Waals surface area contributed by atoms with E-state index in [1.54, 1.807) is 16.2 Å². The van der Waals surface area contributed by atoms with E-state index in [4.69, 9.17) is 9.47 Å².